The van der Waals surface area contributed by atoms with Crippen LogP contribution in [0.3, 0.4) is 0 Å². The minimum atomic E-state index is 0.545. The third-order valence-corrected chi connectivity index (χ3v) is 5.46. The summed E-state index contributed by atoms with van der Waals surface area (Å²) in [5.41, 5.74) is 1.30. The highest BCUT2D eigenvalue weighted by Gasteiger charge is 2.20. The van der Waals surface area contributed by atoms with Crippen LogP contribution in [0.4, 0.5) is 5.13 Å². The molecule has 0 amide bonds. The molecule has 0 spiro atoms. The third-order valence-electron chi connectivity index (χ3n) is 4.30. The van der Waals surface area contributed by atoms with E-state index in [0.29, 0.717) is 12.0 Å². The second-order valence-corrected chi connectivity index (χ2v) is 6.93. The van der Waals surface area contributed by atoms with Crippen molar-refractivity contribution in [2.45, 2.75) is 78.8 Å². The molecule has 0 radical (unpaired) electrons. The van der Waals surface area contributed by atoms with Crippen LogP contribution in [0.2, 0.25) is 0 Å². The van der Waals surface area contributed by atoms with Gasteiger partial charge in [0.15, 0.2) is 5.13 Å². The minimum absolute atomic E-state index is 0.545. The molecule has 1 unspecified atom stereocenters. The second-order valence-electron chi connectivity index (χ2n) is 5.87. The van der Waals surface area contributed by atoms with Crippen molar-refractivity contribution in [2.75, 3.05) is 18.5 Å². The second kappa shape index (κ2) is 9.42. The van der Waals surface area contributed by atoms with E-state index < -0.39 is 0 Å². The number of aromatic nitrogens is 1. The molecule has 1 N–H and O–H groups in total. The van der Waals surface area contributed by atoms with E-state index >= 15 is 0 Å². The van der Waals surface area contributed by atoms with Gasteiger partial charge in [-0.3, -0.25) is 0 Å². The summed E-state index contributed by atoms with van der Waals surface area (Å²) in [5.74, 6) is 0.545. The first-order valence-electron chi connectivity index (χ1n) is 8.51. The first kappa shape index (κ1) is 18.4. The predicted octanol–water partition coefficient (Wildman–Crippen LogP) is 4.78. The Morgan fingerprint density at radius 3 is 2.33 bits per heavy atom. The Hall–Kier alpha value is -0.610. The molecule has 0 aliphatic carbocycles. The highest BCUT2D eigenvalue weighted by atomic mass is 32.1. The van der Waals surface area contributed by atoms with Gasteiger partial charge in [-0.15, -0.1) is 11.3 Å². The number of nitrogens with one attached hydrogen (secondary N) is 1. The number of nitrogens with zero attached hydrogens (tertiary/aromatic N) is 2. The van der Waals surface area contributed by atoms with E-state index in [1.807, 2.05) is 11.3 Å². The topological polar surface area (TPSA) is 28.2 Å². The average molecular weight is 312 g/mol. The third kappa shape index (κ3) is 4.96. The van der Waals surface area contributed by atoms with Gasteiger partial charge in [0.25, 0.3) is 0 Å². The molecule has 122 valence electrons. The molecule has 1 aromatic rings. The highest BCUT2D eigenvalue weighted by Crippen LogP contribution is 2.33. The van der Waals surface area contributed by atoms with E-state index in [-0.39, 0.29) is 0 Å². The Morgan fingerprint density at radius 2 is 1.81 bits per heavy atom. The molecule has 3 nitrogen and oxygen atoms in total. The number of rotatable bonds is 10. The van der Waals surface area contributed by atoms with Gasteiger partial charge in [0.05, 0.1) is 5.69 Å². The van der Waals surface area contributed by atoms with Crippen LogP contribution in [-0.4, -0.2) is 24.6 Å². The lowest BCUT2D eigenvalue weighted by Gasteiger charge is -2.25. The predicted molar refractivity (Wildman–Crippen MR) is 95.6 cm³/mol. The molecule has 1 atom stereocenters. The molecular formula is C17H33N3S. The van der Waals surface area contributed by atoms with Crippen molar-refractivity contribution >= 4 is 16.5 Å². The zero-order valence-corrected chi connectivity index (χ0v) is 15.5. The first-order chi connectivity index (χ1) is 10.1. The lowest BCUT2D eigenvalue weighted by atomic mass is 10.0. The van der Waals surface area contributed by atoms with E-state index in [9.17, 15) is 0 Å². The van der Waals surface area contributed by atoms with Crippen molar-refractivity contribution in [3.8, 4) is 0 Å². The smallest absolute Gasteiger partial charge is 0.185 e. The first-order valence-corrected chi connectivity index (χ1v) is 9.33. The Bertz CT molecular complexity index is 399. The standard InChI is InChI=1S/C17H33N3S/c1-7-11-18-12-15-16(13(5)8-2)19-17(21-15)20(6)14(9-3)10-4/h13-14,18H,7-12H2,1-6H3. The van der Waals surface area contributed by atoms with Gasteiger partial charge in [0.1, 0.15) is 0 Å². The van der Waals surface area contributed by atoms with Gasteiger partial charge in [-0.05, 0) is 38.1 Å². The summed E-state index contributed by atoms with van der Waals surface area (Å²) in [6, 6.07) is 0.595. The monoisotopic (exact) mass is 311 g/mol. The lowest BCUT2D eigenvalue weighted by molar-refractivity contribution is 0.588. The maximum Gasteiger partial charge on any atom is 0.185 e. The number of hydrogen-bond acceptors (Lipinski definition) is 4. The molecule has 0 aromatic carbocycles. The largest absolute Gasteiger partial charge is 0.348 e. The van der Waals surface area contributed by atoms with Crippen molar-refractivity contribution in [1.82, 2.24) is 10.3 Å². The molecule has 21 heavy (non-hydrogen) atoms. The summed E-state index contributed by atoms with van der Waals surface area (Å²) in [4.78, 5) is 8.78. The molecule has 1 heterocycles. The maximum absolute atomic E-state index is 4.98. The molecule has 0 saturated carbocycles. The molecule has 0 saturated heterocycles. The fourth-order valence-corrected chi connectivity index (χ4v) is 3.76. The Morgan fingerprint density at radius 1 is 1.14 bits per heavy atom. The molecule has 4 heteroatoms. The minimum Gasteiger partial charge on any atom is -0.348 e. The van der Waals surface area contributed by atoms with Crippen LogP contribution in [-0.2, 0) is 6.54 Å². The summed E-state index contributed by atoms with van der Waals surface area (Å²) in [7, 11) is 2.19. The van der Waals surface area contributed by atoms with Gasteiger partial charge in [0, 0.05) is 24.5 Å². The Kier molecular flexibility index (Phi) is 8.27. The van der Waals surface area contributed by atoms with E-state index in [2.05, 4.69) is 51.9 Å². The zero-order valence-electron chi connectivity index (χ0n) is 14.7. The summed E-state index contributed by atoms with van der Waals surface area (Å²) < 4.78 is 0. The number of thiazole rings is 1. The molecule has 0 aliphatic heterocycles. The van der Waals surface area contributed by atoms with Crippen LogP contribution >= 0.6 is 11.3 Å². The van der Waals surface area contributed by atoms with Crippen molar-refractivity contribution in [3.63, 3.8) is 0 Å². The van der Waals surface area contributed by atoms with E-state index in [4.69, 9.17) is 4.98 Å². The van der Waals surface area contributed by atoms with Gasteiger partial charge >= 0.3 is 0 Å². The van der Waals surface area contributed by atoms with Crippen molar-refractivity contribution in [1.29, 1.82) is 0 Å². The number of anilines is 1. The quantitative estimate of drug-likeness (QED) is 0.630. The van der Waals surface area contributed by atoms with Crippen molar-refractivity contribution < 1.29 is 0 Å². The average Bonchev–Trinajstić information content (AvgIpc) is 2.92. The van der Waals surface area contributed by atoms with Crippen molar-refractivity contribution in [3.05, 3.63) is 10.6 Å². The van der Waals surface area contributed by atoms with Gasteiger partial charge < -0.3 is 10.2 Å². The lowest BCUT2D eigenvalue weighted by Crippen LogP contribution is -2.30. The van der Waals surface area contributed by atoms with Crippen LogP contribution in [0.5, 0.6) is 0 Å². The van der Waals surface area contributed by atoms with Gasteiger partial charge in [-0.25, -0.2) is 4.98 Å². The zero-order chi connectivity index (χ0) is 15.8. The SMILES string of the molecule is CCCNCc1sc(N(C)C(CC)CC)nc1C(C)CC. The summed E-state index contributed by atoms with van der Waals surface area (Å²) in [6.45, 7) is 13.3. The fourth-order valence-electron chi connectivity index (χ4n) is 2.58. The molecule has 0 aliphatic rings. The molecular weight excluding hydrogens is 278 g/mol. The molecule has 0 bridgehead atoms. The van der Waals surface area contributed by atoms with E-state index in [1.54, 1.807) is 0 Å². The van der Waals surface area contributed by atoms with E-state index in [1.165, 1.54) is 35.0 Å². The molecule has 0 fully saturated rings. The Labute approximate surface area is 135 Å². The summed E-state index contributed by atoms with van der Waals surface area (Å²) in [6.07, 6.45) is 4.68. The van der Waals surface area contributed by atoms with Crippen LogP contribution in [0.25, 0.3) is 0 Å². The normalized spacial score (nSPS) is 12.9. The van der Waals surface area contributed by atoms with Crippen LogP contribution in [0, 0.1) is 0 Å². The molecule has 1 aromatic heterocycles. The van der Waals surface area contributed by atoms with E-state index in [0.717, 1.165) is 19.5 Å². The number of hydrogen-bond donors (Lipinski definition) is 1. The highest BCUT2D eigenvalue weighted by molar-refractivity contribution is 7.15. The van der Waals surface area contributed by atoms with Crippen LogP contribution < -0.4 is 10.2 Å². The van der Waals surface area contributed by atoms with Gasteiger partial charge in [0.2, 0.25) is 0 Å². The van der Waals surface area contributed by atoms with Crippen LogP contribution in [0.15, 0.2) is 0 Å². The van der Waals surface area contributed by atoms with Gasteiger partial charge in [-0.1, -0.05) is 34.6 Å². The van der Waals surface area contributed by atoms with Crippen molar-refractivity contribution in [2.24, 2.45) is 0 Å². The summed E-state index contributed by atoms with van der Waals surface area (Å²) in [5, 5.41) is 4.72. The fraction of sp³-hybridized carbons (Fsp3) is 0.824. The van der Waals surface area contributed by atoms with Gasteiger partial charge in [-0.2, -0.15) is 0 Å². The maximum atomic E-state index is 4.98. The Balaban J connectivity index is 2.95. The molecule has 1 rings (SSSR count). The van der Waals surface area contributed by atoms with Crippen LogP contribution in [0.1, 0.15) is 76.8 Å². The summed E-state index contributed by atoms with van der Waals surface area (Å²) >= 11 is 1.87.